The Morgan fingerprint density at radius 3 is 2.71 bits per heavy atom. The zero-order valence-electron chi connectivity index (χ0n) is 15.6. The monoisotopic (exact) mass is 375 g/mol. The third kappa shape index (κ3) is 3.96. The lowest BCUT2D eigenvalue weighted by Gasteiger charge is -2.36. The fraction of sp³-hybridized carbons (Fsp3) is 0.227. The maximum Gasteiger partial charge on any atom is 0.246 e. The summed E-state index contributed by atoms with van der Waals surface area (Å²) in [4.78, 5) is 18.5. The van der Waals surface area contributed by atoms with Gasteiger partial charge in [0, 0.05) is 31.1 Å². The molecule has 1 aromatic heterocycles. The summed E-state index contributed by atoms with van der Waals surface area (Å²) >= 11 is 0. The van der Waals surface area contributed by atoms with Crippen molar-refractivity contribution in [3.05, 3.63) is 83.5 Å². The lowest BCUT2D eigenvalue weighted by atomic mass is 10.00. The molecule has 2 aromatic carbocycles. The van der Waals surface area contributed by atoms with E-state index in [1.807, 2.05) is 60.7 Å². The molecule has 0 saturated carbocycles. The standard InChI is InChI=1S/C22H21N3O3/c1-27-19-10-6-5-9-17(19)13-20-23-22(28-24-20)18-14-25(15-18)21(26)12-11-16-7-3-2-4-8-16/h2-12,18H,13-15H2,1H3. The highest BCUT2D eigenvalue weighted by Gasteiger charge is 2.34. The van der Waals surface area contributed by atoms with Crippen molar-refractivity contribution >= 4 is 12.0 Å². The Hall–Kier alpha value is -3.41. The number of rotatable bonds is 6. The van der Waals surface area contributed by atoms with Gasteiger partial charge >= 0.3 is 0 Å². The van der Waals surface area contributed by atoms with Crippen LogP contribution >= 0.6 is 0 Å². The molecule has 6 heteroatoms. The molecule has 1 amide bonds. The molecule has 6 nitrogen and oxygen atoms in total. The molecule has 2 heterocycles. The Morgan fingerprint density at radius 2 is 1.93 bits per heavy atom. The second kappa shape index (κ2) is 8.08. The van der Waals surface area contributed by atoms with Crippen molar-refractivity contribution in [1.29, 1.82) is 0 Å². The third-order valence-electron chi connectivity index (χ3n) is 4.79. The summed E-state index contributed by atoms with van der Waals surface area (Å²) in [5.74, 6) is 2.09. The number of benzene rings is 2. The zero-order valence-corrected chi connectivity index (χ0v) is 15.6. The predicted molar refractivity (Wildman–Crippen MR) is 105 cm³/mol. The maximum atomic E-state index is 12.3. The van der Waals surface area contributed by atoms with Gasteiger partial charge in [-0.05, 0) is 17.7 Å². The number of hydrogen-bond acceptors (Lipinski definition) is 5. The van der Waals surface area contributed by atoms with Gasteiger partial charge in [0.2, 0.25) is 11.8 Å². The number of carbonyl (C=O) groups excluding carboxylic acids is 1. The maximum absolute atomic E-state index is 12.3. The van der Waals surface area contributed by atoms with E-state index in [4.69, 9.17) is 9.26 Å². The molecule has 0 atom stereocenters. The first-order chi connectivity index (χ1) is 13.7. The van der Waals surface area contributed by atoms with Gasteiger partial charge in [0.05, 0.1) is 13.0 Å². The Balaban J connectivity index is 1.33. The number of carbonyl (C=O) groups is 1. The first-order valence-electron chi connectivity index (χ1n) is 9.19. The number of nitrogens with zero attached hydrogens (tertiary/aromatic N) is 3. The number of methoxy groups -OCH3 is 1. The van der Waals surface area contributed by atoms with Gasteiger partial charge in [-0.15, -0.1) is 0 Å². The van der Waals surface area contributed by atoms with Crippen LogP contribution in [0, 0.1) is 0 Å². The van der Waals surface area contributed by atoms with Crippen LogP contribution in [0.4, 0.5) is 0 Å². The van der Waals surface area contributed by atoms with Crippen LogP contribution in [0.2, 0.25) is 0 Å². The lowest BCUT2D eigenvalue weighted by molar-refractivity contribution is -0.130. The van der Waals surface area contributed by atoms with Crippen LogP contribution in [-0.4, -0.2) is 41.1 Å². The van der Waals surface area contributed by atoms with Gasteiger partial charge < -0.3 is 14.2 Å². The van der Waals surface area contributed by atoms with Crippen molar-refractivity contribution in [2.75, 3.05) is 20.2 Å². The molecule has 1 saturated heterocycles. The second-order valence-corrected chi connectivity index (χ2v) is 6.72. The molecular weight excluding hydrogens is 354 g/mol. The Bertz CT molecular complexity index is 975. The van der Waals surface area contributed by atoms with E-state index in [0.717, 1.165) is 16.9 Å². The van der Waals surface area contributed by atoms with Crippen molar-refractivity contribution < 1.29 is 14.1 Å². The largest absolute Gasteiger partial charge is 0.496 e. The van der Waals surface area contributed by atoms with Gasteiger partial charge in [-0.25, -0.2) is 0 Å². The van der Waals surface area contributed by atoms with E-state index in [-0.39, 0.29) is 11.8 Å². The van der Waals surface area contributed by atoms with Gasteiger partial charge in [0.25, 0.3) is 0 Å². The van der Waals surface area contributed by atoms with E-state index in [1.165, 1.54) is 0 Å². The third-order valence-corrected chi connectivity index (χ3v) is 4.79. The minimum Gasteiger partial charge on any atom is -0.496 e. The number of hydrogen-bond donors (Lipinski definition) is 0. The topological polar surface area (TPSA) is 68.5 Å². The molecule has 1 aliphatic rings. The minimum atomic E-state index is -0.00568. The number of para-hydroxylation sites is 1. The van der Waals surface area contributed by atoms with E-state index in [1.54, 1.807) is 18.1 Å². The quantitative estimate of drug-likeness (QED) is 0.618. The van der Waals surface area contributed by atoms with E-state index in [9.17, 15) is 4.79 Å². The number of ether oxygens (including phenoxy) is 1. The van der Waals surface area contributed by atoms with Gasteiger partial charge in [0.15, 0.2) is 5.82 Å². The van der Waals surface area contributed by atoms with Crippen LogP contribution in [0.15, 0.2) is 65.2 Å². The van der Waals surface area contributed by atoms with E-state index in [2.05, 4.69) is 10.1 Å². The molecule has 1 aliphatic heterocycles. The van der Waals surface area contributed by atoms with E-state index < -0.39 is 0 Å². The van der Waals surface area contributed by atoms with Gasteiger partial charge in [0.1, 0.15) is 5.75 Å². The summed E-state index contributed by atoms with van der Waals surface area (Å²) in [6.45, 7) is 1.18. The first-order valence-corrected chi connectivity index (χ1v) is 9.19. The van der Waals surface area contributed by atoms with E-state index in [0.29, 0.717) is 31.2 Å². The average molecular weight is 375 g/mol. The van der Waals surface area contributed by atoms with Gasteiger partial charge in [-0.3, -0.25) is 4.79 Å². The molecule has 0 spiro atoms. The Labute approximate surface area is 163 Å². The molecule has 0 aliphatic carbocycles. The molecule has 0 radical (unpaired) electrons. The normalized spacial score (nSPS) is 14.2. The Morgan fingerprint density at radius 1 is 1.18 bits per heavy atom. The summed E-state index contributed by atoms with van der Waals surface area (Å²) in [7, 11) is 1.65. The van der Waals surface area contributed by atoms with E-state index >= 15 is 0 Å². The van der Waals surface area contributed by atoms with Crippen molar-refractivity contribution in [2.45, 2.75) is 12.3 Å². The minimum absolute atomic E-state index is 0.00568. The van der Waals surface area contributed by atoms with Crippen molar-refractivity contribution in [2.24, 2.45) is 0 Å². The summed E-state index contributed by atoms with van der Waals surface area (Å²) in [5, 5.41) is 4.08. The van der Waals surface area contributed by atoms with Crippen molar-refractivity contribution in [3.63, 3.8) is 0 Å². The molecule has 28 heavy (non-hydrogen) atoms. The van der Waals surface area contributed by atoms with Crippen molar-refractivity contribution in [1.82, 2.24) is 15.0 Å². The highest BCUT2D eigenvalue weighted by atomic mass is 16.5. The molecule has 0 N–H and O–H groups in total. The smallest absolute Gasteiger partial charge is 0.246 e. The second-order valence-electron chi connectivity index (χ2n) is 6.72. The predicted octanol–water partition coefficient (Wildman–Crippen LogP) is 3.31. The van der Waals surface area contributed by atoms with Crippen LogP contribution < -0.4 is 4.74 Å². The fourth-order valence-corrected chi connectivity index (χ4v) is 3.18. The van der Waals surface area contributed by atoms with Crippen LogP contribution in [0.5, 0.6) is 5.75 Å². The van der Waals surface area contributed by atoms with Crippen LogP contribution in [0.1, 0.15) is 28.8 Å². The zero-order chi connectivity index (χ0) is 19.3. The van der Waals surface area contributed by atoms with Gasteiger partial charge in [-0.1, -0.05) is 53.7 Å². The summed E-state index contributed by atoms with van der Waals surface area (Å²) in [5.41, 5.74) is 2.01. The van der Waals surface area contributed by atoms with Gasteiger partial charge in [-0.2, -0.15) is 4.98 Å². The molecule has 0 bridgehead atoms. The number of amides is 1. The van der Waals surface area contributed by atoms with Crippen LogP contribution in [0.3, 0.4) is 0 Å². The molecule has 142 valence electrons. The average Bonchev–Trinajstić information content (AvgIpc) is 3.14. The summed E-state index contributed by atoms with van der Waals surface area (Å²) in [6.07, 6.45) is 3.98. The lowest BCUT2D eigenvalue weighted by Crippen LogP contribution is -2.47. The highest BCUT2D eigenvalue weighted by molar-refractivity contribution is 5.92. The Kier molecular flexibility index (Phi) is 5.19. The SMILES string of the molecule is COc1ccccc1Cc1noc(C2CN(C(=O)C=Cc3ccccc3)C2)n1. The molecule has 1 fully saturated rings. The summed E-state index contributed by atoms with van der Waals surface area (Å²) in [6, 6.07) is 17.5. The highest BCUT2D eigenvalue weighted by Crippen LogP contribution is 2.27. The number of aromatic nitrogens is 2. The number of likely N-dealkylation sites (tertiary alicyclic amines) is 1. The fourth-order valence-electron chi connectivity index (χ4n) is 3.18. The van der Waals surface area contributed by atoms with Crippen LogP contribution in [-0.2, 0) is 11.2 Å². The first kappa shape index (κ1) is 18.0. The molecule has 0 unspecified atom stereocenters. The van der Waals surface area contributed by atoms with Crippen LogP contribution in [0.25, 0.3) is 6.08 Å². The summed E-state index contributed by atoms with van der Waals surface area (Å²) < 4.78 is 10.8. The molecular formula is C22H21N3O3. The molecule has 4 rings (SSSR count). The van der Waals surface area contributed by atoms with Crippen molar-refractivity contribution in [3.8, 4) is 5.75 Å². The molecule has 3 aromatic rings.